The Balaban J connectivity index is 1.81. The van der Waals surface area contributed by atoms with E-state index in [1.165, 1.54) is 17.1 Å². The van der Waals surface area contributed by atoms with Crippen LogP contribution in [0.15, 0.2) is 35.4 Å². The molecular formula is C17H14N4O5. The minimum atomic E-state index is -1.45. The Morgan fingerprint density at radius 2 is 2.19 bits per heavy atom. The molecule has 2 N–H and O–H groups in total. The van der Waals surface area contributed by atoms with Crippen molar-refractivity contribution in [1.29, 1.82) is 0 Å². The van der Waals surface area contributed by atoms with Gasteiger partial charge in [0.25, 0.3) is 5.56 Å². The van der Waals surface area contributed by atoms with Crippen LogP contribution in [0.2, 0.25) is 0 Å². The fourth-order valence-electron chi connectivity index (χ4n) is 2.68. The molecular weight excluding hydrogens is 340 g/mol. The molecule has 0 amide bonds. The average molecular weight is 354 g/mol. The molecule has 0 saturated carbocycles. The molecule has 0 aliphatic carbocycles. The topological polar surface area (TPSA) is 119 Å². The van der Waals surface area contributed by atoms with Gasteiger partial charge in [-0.15, -0.1) is 0 Å². The van der Waals surface area contributed by atoms with Crippen LogP contribution in [-0.4, -0.2) is 36.6 Å². The van der Waals surface area contributed by atoms with E-state index in [-0.39, 0.29) is 17.3 Å². The van der Waals surface area contributed by atoms with Crippen molar-refractivity contribution in [2.24, 2.45) is 0 Å². The molecule has 2 aromatic heterocycles. The van der Waals surface area contributed by atoms with Crippen molar-refractivity contribution < 1.29 is 19.4 Å². The Bertz CT molecular complexity index is 1130. The van der Waals surface area contributed by atoms with Crippen LogP contribution in [0.3, 0.4) is 0 Å². The van der Waals surface area contributed by atoms with Crippen molar-refractivity contribution in [3.63, 3.8) is 0 Å². The Labute approximate surface area is 146 Å². The van der Waals surface area contributed by atoms with E-state index in [4.69, 9.17) is 9.84 Å². The summed E-state index contributed by atoms with van der Waals surface area (Å²) in [7, 11) is 0. The van der Waals surface area contributed by atoms with E-state index >= 15 is 0 Å². The van der Waals surface area contributed by atoms with Crippen LogP contribution in [0.4, 0.5) is 4.79 Å². The Hall–Kier alpha value is -3.62. The second-order valence-electron chi connectivity index (χ2n) is 6.32. The van der Waals surface area contributed by atoms with Gasteiger partial charge in [-0.1, -0.05) is 6.08 Å². The highest BCUT2D eigenvalue weighted by Gasteiger charge is 2.22. The molecule has 1 aliphatic heterocycles. The lowest BCUT2D eigenvalue weighted by molar-refractivity contribution is 0.144. The number of benzene rings is 1. The molecule has 0 bridgehead atoms. The predicted octanol–water partition coefficient (Wildman–Crippen LogP) is 2.35. The minimum absolute atomic E-state index is 0.0147. The second-order valence-corrected chi connectivity index (χ2v) is 6.32. The first-order valence-electron chi connectivity index (χ1n) is 7.73. The molecule has 9 nitrogen and oxygen atoms in total. The van der Waals surface area contributed by atoms with Gasteiger partial charge in [-0.3, -0.25) is 9.78 Å². The summed E-state index contributed by atoms with van der Waals surface area (Å²) in [6.07, 6.45) is 4.89. The molecule has 4 rings (SSSR count). The molecule has 0 saturated heterocycles. The van der Waals surface area contributed by atoms with Gasteiger partial charge in [0.1, 0.15) is 11.4 Å². The van der Waals surface area contributed by atoms with Gasteiger partial charge in [0.15, 0.2) is 5.75 Å². The molecule has 3 aromatic rings. The molecule has 0 unspecified atom stereocenters. The number of fused-ring (bicyclic) bond motifs is 2. The quantitative estimate of drug-likeness (QED) is 0.678. The molecule has 0 radical (unpaired) electrons. The summed E-state index contributed by atoms with van der Waals surface area (Å²) in [6, 6.07) is 3.42. The zero-order valence-corrected chi connectivity index (χ0v) is 13.9. The molecule has 0 fully saturated rings. The number of carboxylic acid groups (broad SMARTS) is 1. The van der Waals surface area contributed by atoms with E-state index in [1.807, 2.05) is 26.0 Å². The fourth-order valence-corrected chi connectivity index (χ4v) is 2.68. The standard InChI is InChI=1S/C17H14N4O5/c1-17(2)4-3-9-5-11-12(6-13(9)26-17)19-15(20-14(11)22)21-8-10(7-18-21)25-16(23)24/h3-8H,1-2H3,(H,23,24)(H,19,20,22). The first-order valence-corrected chi connectivity index (χ1v) is 7.73. The van der Waals surface area contributed by atoms with Crippen molar-refractivity contribution in [3.8, 4) is 17.4 Å². The first kappa shape index (κ1) is 15.9. The Morgan fingerprint density at radius 1 is 1.38 bits per heavy atom. The number of nitrogens with zero attached hydrogens (tertiary/aromatic N) is 3. The van der Waals surface area contributed by atoms with Gasteiger partial charge in [0, 0.05) is 11.6 Å². The molecule has 1 aromatic carbocycles. The van der Waals surface area contributed by atoms with Gasteiger partial charge >= 0.3 is 6.16 Å². The maximum atomic E-state index is 12.4. The highest BCUT2D eigenvalue weighted by molar-refractivity contribution is 5.84. The number of hydrogen-bond donors (Lipinski definition) is 2. The number of carbonyl (C=O) groups is 1. The van der Waals surface area contributed by atoms with E-state index < -0.39 is 11.8 Å². The normalized spacial score (nSPS) is 14.7. The summed E-state index contributed by atoms with van der Waals surface area (Å²) >= 11 is 0. The highest BCUT2D eigenvalue weighted by atomic mass is 16.7. The third-order valence-electron chi connectivity index (χ3n) is 3.84. The number of H-pyrrole nitrogens is 1. The maximum absolute atomic E-state index is 12.4. The van der Waals surface area contributed by atoms with Crippen LogP contribution >= 0.6 is 0 Å². The predicted molar refractivity (Wildman–Crippen MR) is 91.9 cm³/mol. The van der Waals surface area contributed by atoms with Crippen molar-refractivity contribution in [2.45, 2.75) is 19.4 Å². The average Bonchev–Trinajstić information content (AvgIpc) is 3.00. The largest absolute Gasteiger partial charge is 0.511 e. The molecule has 0 spiro atoms. The third kappa shape index (κ3) is 2.79. The van der Waals surface area contributed by atoms with E-state index in [1.54, 1.807) is 12.1 Å². The molecule has 0 atom stereocenters. The summed E-state index contributed by atoms with van der Waals surface area (Å²) in [5, 5.41) is 13.0. The monoisotopic (exact) mass is 354 g/mol. The van der Waals surface area contributed by atoms with E-state index in [9.17, 15) is 9.59 Å². The number of ether oxygens (including phenoxy) is 2. The zero-order chi connectivity index (χ0) is 18.5. The van der Waals surface area contributed by atoms with Gasteiger partial charge in [-0.2, -0.15) is 5.10 Å². The Kier molecular flexibility index (Phi) is 3.33. The third-order valence-corrected chi connectivity index (χ3v) is 3.84. The van der Waals surface area contributed by atoms with Gasteiger partial charge in [0.2, 0.25) is 5.95 Å². The molecule has 9 heteroatoms. The molecule has 3 heterocycles. The first-order chi connectivity index (χ1) is 12.3. The lowest BCUT2D eigenvalue weighted by Crippen LogP contribution is -2.27. The van der Waals surface area contributed by atoms with Crippen LogP contribution in [0, 0.1) is 0 Å². The Morgan fingerprint density at radius 3 is 2.96 bits per heavy atom. The van der Waals surface area contributed by atoms with Crippen LogP contribution < -0.4 is 15.0 Å². The van der Waals surface area contributed by atoms with Crippen LogP contribution in [0.5, 0.6) is 11.5 Å². The van der Waals surface area contributed by atoms with Crippen molar-refractivity contribution in [2.75, 3.05) is 0 Å². The minimum Gasteiger partial charge on any atom is -0.483 e. The SMILES string of the molecule is CC1(C)C=Cc2cc3c(=O)[nH]c(-n4cc(OC(=O)O)cn4)nc3cc2O1. The van der Waals surface area contributed by atoms with Crippen molar-refractivity contribution >= 4 is 23.1 Å². The second kappa shape index (κ2) is 5.45. The van der Waals surface area contributed by atoms with E-state index in [2.05, 4.69) is 19.8 Å². The van der Waals surface area contributed by atoms with Gasteiger partial charge in [0.05, 0.1) is 23.3 Å². The maximum Gasteiger partial charge on any atom is 0.511 e. The molecule has 1 aliphatic rings. The van der Waals surface area contributed by atoms with E-state index in [0.717, 1.165) is 5.56 Å². The number of nitrogens with one attached hydrogen (secondary N) is 1. The zero-order valence-electron chi connectivity index (χ0n) is 13.9. The van der Waals surface area contributed by atoms with Gasteiger partial charge in [-0.25, -0.2) is 14.5 Å². The number of hydrogen-bond acceptors (Lipinski definition) is 6. The van der Waals surface area contributed by atoms with Gasteiger partial charge < -0.3 is 14.6 Å². The van der Waals surface area contributed by atoms with Crippen LogP contribution in [0.1, 0.15) is 19.4 Å². The molecule has 132 valence electrons. The lowest BCUT2D eigenvalue weighted by atomic mass is 10.0. The fraction of sp³-hybridized carbons (Fsp3) is 0.176. The van der Waals surface area contributed by atoms with E-state index in [0.29, 0.717) is 16.7 Å². The summed E-state index contributed by atoms with van der Waals surface area (Å²) in [5.74, 6) is 0.777. The van der Waals surface area contributed by atoms with Crippen LogP contribution in [-0.2, 0) is 0 Å². The summed E-state index contributed by atoms with van der Waals surface area (Å²) < 4.78 is 11.7. The highest BCUT2D eigenvalue weighted by Crippen LogP contribution is 2.33. The summed E-state index contributed by atoms with van der Waals surface area (Å²) in [4.78, 5) is 30.0. The number of rotatable bonds is 2. The number of aromatic amines is 1. The van der Waals surface area contributed by atoms with Crippen molar-refractivity contribution in [3.05, 3.63) is 46.5 Å². The van der Waals surface area contributed by atoms with Crippen LogP contribution in [0.25, 0.3) is 22.9 Å². The summed E-state index contributed by atoms with van der Waals surface area (Å²) in [5.41, 5.74) is 0.440. The summed E-state index contributed by atoms with van der Waals surface area (Å²) in [6.45, 7) is 3.86. The van der Waals surface area contributed by atoms with Crippen molar-refractivity contribution in [1.82, 2.24) is 19.7 Å². The van der Waals surface area contributed by atoms with Gasteiger partial charge in [-0.05, 0) is 26.0 Å². The smallest absolute Gasteiger partial charge is 0.483 e. The lowest BCUT2D eigenvalue weighted by Gasteiger charge is -2.27. The number of aromatic nitrogens is 4. The molecule has 26 heavy (non-hydrogen) atoms.